The largest absolute Gasteiger partial charge is 0.530 e. The van der Waals surface area contributed by atoms with Crippen LogP contribution in [-0.2, 0) is 6.54 Å². The van der Waals surface area contributed by atoms with Crippen LogP contribution in [-0.4, -0.2) is 34.1 Å². The van der Waals surface area contributed by atoms with E-state index >= 15 is 0 Å². The Morgan fingerprint density at radius 1 is 1.21 bits per heavy atom. The lowest BCUT2D eigenvalue weighted by molar-refractivity contribution is -0.592. The van der Waals surface area contributed by atoms with Gasteiger partial charge >= 0.3 is 0 Å². The summed E-state index contributed by atoms with van der Waals surface area (Å²) in [6.07, 6.45) is 9.78. The Kier molecular flexibility index (Phi) is 5.33. The number of halogens is 1. The van der Waals surface area contributed by atoms with Crippen LogP contribution in [0.4, 0.5) is 4.79 Å². The summed E-state index contributed by atoms with van der Waals surface area (Å²) in [5, 5.41) is 11.6. The van der Waals surface area contributed by atoms with Gasteiger partial charge in [0.2, 0.25) is 12.0 Å². The molecule has 0 N–H and O–H groups in total. The molecule has 0 bridgehead atoms. The van der Waals surface area contributed by atoms with Gasteiger partial charge in [0.25, 0.3) is 0 Å². The van der Waals surface area contributed by atoms with Crippen molar-refractivity contribution in [1.29, 1.82) is 0 Å². The second-order valence-corrected chi connectivity index (χ2v) is 8.19. The van der Waals surface area contributed by atoms with Crippen LogP contribution in [0.15, 0.2) is 64.1 Å². The number of quaternary nitrogens is 1. The topological polar surface area (TPSA) is 68.1 Å². The van der Waals surface area contributed by atoms with Gasteiger partial charge in [-0.05, 0) is 37.2 Å². The molecule has 146 valence electrons. The molecule has 7 heteroatoms. The van der Waals surface area contributed by atoms with Gasteiger partial charge in [0.15, 0.2) is 11.8 Å². The first-order valence-corrected chi connectivity index (χ1v) is 9.98. The van der Waals surface area contributed by atoms with E-state index in [-0.39, 0.29) is 4.00 Å². The highest BCUT2D eigenvalue weighted by Gasteiger charge is 2.40. The molecule has 6 nitrogen and oxygen atoms in total. The highest BCUT2D eigenvalue weighted by Crippen LogP contribution is 2.41. The fourth-order valence-corrected chi connectivity index (χ4v) is 4.45. The van der Waals surface area contributed by atoms with Gasteiger partial charge in [0.1, 0.15) is 18.0 Å². The second kappa shape index (κ2) is 7.89. The molecule has 3 aliphatic rings. The number of carbonyl (C=O) groups is 1. The molecule has 2 aliphatic heterocycles. The van der Waals surface area contributed by atoms with Crippen LogP contribution >= 0.6 is 11.8 Å². The third-order valence-corrected chi connectivity index (χ3v) is 6.13. The molecule has 1 unspecified atom stereocenters. The van der Waals surface area contributed by atoms with Gasteiger partial charge < -0.3 is 14.8 Å². The molecular weight excluding hydrogens is 376 g/mol. The molecular formula is C21H23ClN4O2. The van der Waals surface area contributed by atoms with Crippen LogP contribution in [0.2, 0.25) is 0 Å². The maximum absolute atomic E-state index is 11.6. The average Bonchev–Trinajstić information content (AvgIpc) is 3.06. The molecule has 28 heavy (non-hydrogen) atoms. The summed E-state index contributed by atoms with van der Waals surface area (Å²) in [5.41, 5.74) is 2.92. The third kappa shape index (κ3) is 3.88. The van der Waals surface area contributed by atoms with E-state index in [0.29, 0.717) is 24.9 Å². The lowest BCUT2D eigenvalue weighted by atomic mass is 9.80. The number of carboxylic acid groups (broad SMARTS) is 1. The summed E-state index contributed by atoms with van der Waals surface area (Å²) in [7, 11) is 0. The number of amides is 1. The summed E-state index contributed by atoms with van der Waals surface area (Å²) < 4.78 is 0.0638. The Morgan fingerprint density at radius 3 is 2.68 bits per heavy atom. The van der Waals surface area contributed by atoms with Crippen molar-refractivity contribution in [3.63, 3.8) is 0 Å². The molecule has 1 amide bonds. The Labute approximate surface area is 169 Å². The van der Waals surface area contributed by atoms with E-state index in [9.17, 15) is 9.90 Å². The van der Waals surface area contributed by atoms with Gasteiger partial charge in [-0.1, -0.05) is 30.3 Å². The number of hydrogen-bond donors (Lipinski definition) is 0. The quantitative estimate of drug-likeness (QED) is 0.713. The molecule has 1 aliphatic carbocycles. The molecule has 0 radical (unpaired) electrons. The monoisotopic (exact) mass is 398 g/mol. The fraction of sp³-hybridized carbons (Fsp3) is 0.381. The Bertz CT molecular complexity index is 856. The average molecular weight is 399 g/mol. The van der Waals surface area contributed by atoms with Crippen LogP contribution in [0, 0.1) is 11.8 Å². The van der Waals surface area contributed by atoms with Crippen molar-refractivity contribution < 1.29 is 13.9 Å². The van der Waals surface area contributed by atoms with E-state index in [2.05, 4.69) is 9.98 Å². The van der Waals surface area contributed by atoms with Crippen molar-refractivity contribution in [3.05, 3.63) is 59.7 Å². The zero-order chi connectivity index (χ0) is 19.6. The molecule has 1 aromatic carbocycles. The Hall–Kier alpha value is -2.44. The number of benzene rings is 1. The molecule has 1 atom stereocenters. The number of allylic oxidation sites excluding steroid dienone is 2. The van der Waals surface area contributed by atoms with Gasteiger partial charge in [0, 0.05) is 19.0 Å². The number of fused-ring (bicyclic) bond motifs is 1. The van der Waals surface area contributed by atoms with Crippen molar-refractivity contribution in [2.45, 2.75) is 32.2 Å². The summed E-state index contributed by atoms with van der Waals surface area (Å²) in [4.78, 5) is 21.8. The zero-order valence-electron chi connectivity index (χ0n) is 15.6. The van der Waals surface area contributed by atoms with E-state index in [4.69, 9.17) is 11.8 Å². The summed E-state index contributed by atoms with van der Waals surface area (Å²) in [6.45, 7) is 0.885. The normalized spacial score (nSPS) is 28.5. The molecule has 1 aromatic rings. The number of aliphatic imine (C=N–C) groups is 2. The smallest absolute Gasteiger partial charge is 0.218 e. The van der Waals surface area contributed by atoms with Crippen molar-refractivity contribution in [1.82, 2.24) is 4.90 Å². The SMILES string of the molecule is O=C([O-])N(Cc1ccccc1)CC1CCC(C2=C3C=NC=C[N+]3(Cl)C=N2)CC1. The summed E-state index contributed by atoms with van der Waals surface area (Å²) in [6, 6.07) is 9.65. The van der Waals surface area contributed by atoms with E-state index in [0.717, 1.165) is 42.6 Å². The van der Waals surface area contributed by atoms with Crippen LogP contribution in [0.1, 0.15) is 31.2 Å². The summed E-state index contributed by atoms with van der Waals surface area (Å²) >= 11 is 6.57. The maximum atomic E-state index is 11.6. The van der Waals surface area contributed by atoms with E-state index < -0.39 is 6.09 Å². The number of hydrogen-bond acceptors (Lipinski definition) is 4. The molecule has 0 aromatic heterocycles. The van der Waals surface area contributed by atoms with Crippen molar-refractivity contribution >= 4 is 30.4 Å². The molecule has 4 rings (SSSR count). The first-order valence-electron chi connectivity index (χ1n) is 9.64. The number of rotatable bonds is 5. The van der Waals surface area contributed by atoms with Gasteiger partial charge in [0.05, 0.1) is 12.4 Å². The van der Waals surface area contributed by atoms with Crippen molar-refractivity contribution in [2.24, 2.45) is 21.8 Å². The van der Waals surface area contributed by atoms with Crippen LogP contribution in [0.25, 0.3) is 0 Å². The fourth-order valence-electron chi connectivity index (χ4n) is 4.22. The van der Waals surface area contributed by atoms with Gasteiger partial charge in [-0.15, -0.1) is 4.00 Å². The van der Waals surface area contributed by atoms with Gasteiger partial charge in [-0.2, -0.15) is 4.99 Å². The van der Waals surface area contributed by atoms with E-state index in [1.807, 2.05) is 30.3 Å². The zero-order valence-corrected chi connectivity index (χ0v) is 16.3. The predicted octanol–water partition coefficient (Wildman–Crippen LogP) is 3.42. The lowest BCUT2D eigenvalue weighted by Crippen LogP contribution is -2.43. The molecule has 1 fully saturated rings. The maximum Gasteiger partial charge on any atom is 0.218 e. The Morgan fingerprint density at radius 2 is 1.96 bits per heavy atom. The molecule has 0 saturated heterocycles. The first kappa shape index (κ1) is 18.9. The standard InChI is InChI=1S/C21H23ClN4O2/c22-26-11-10-23-12-19(26)20(24-15-26)18-8-6-17(7-9-18)14-25(21(27)28)13-16-4-2-1-3-5-16/h1-5,10-12,15,17-18H,6-9,13-14H2. The van der Waals surface area contributed by atoms with Crippen LogP contribution < -0.4 is 5.11 Å². The summed E-state index contributed by atoms with van der Waals surface area (Å²) in [5.74, 6) is 0.675. The third-order valence-electron chi connectivity index (χ3n) is 5.75. The molecule has 0 spiro atoms. The van der Waals surface area contributed by atoms with Gasteiger partial charge in [-0.25, -0.2) is 0 Å². The first-order chi connectivity index (χ1) is 13.5. The minimum atomic E-state index is -1.11. The molecule has 1 saturated carbocycles. The highest BCUT2D eigenvalue weighted by molar-refractivity contribution is 6.14. The van der Waals surface area contributed by atoms with Crippen molar-refractivity contribution in [3.8, 4) is 0 Å². The minimum Gasteiger partial charge on any atom is -0.530 e. The predicted molar refractivity (Wildman–Crippen MR) is 107 cm³/mol. The molecule has 2 heterocycles. The van der Waals surface area contributed by atoms with E-state index in [1.165, 1.54) is 4.90 Å². The Balaban J connectivity index is 1.37. The number of carbonyl (C=O) groups excluding carboxylic acids is 1. The van der Waals surface area contributed by atoms with E-state index in [1.54, 1.807) is 25.0 Å². The van der Waals surface area contributed by atoms with Crippen molar-refractivity contribution in [2.75, 3.05) is 6.54 Å². The highest BCUT2D eigenvalue weighted by atomic mass is 35.5. The minimum absolute atomic E-state index is 0.0638. The lowest BCUT2D eigenvalue weighted by Gasteiger charge is -2.34. The second-order valence-electron chi connectivity index (χ2n) is 7.63. The number of nitrogens with zero attached hydrogens (tertiary/aromatic N) is 4. The van der Waals surface area contributed by atoms with Crippen LogP contribution in [0.5, 0.6) is 0 Å². The van der Waals surface area contributed by atoms with Crippen LogP contribution in [0.3, 0.4) is 0 Å². The van der Waals surface area contributed by atoms with Gasteiger partial charge in [-0.3, -0.25) is 4.99 Å².